The molecule has 2 aliphatic rings. The number of carbonyl (C=O) groups excluding carboxylic acids is 1. The topological polar surface area (TPSA) is 110 Å². The van der Waals surface area contributed by atoms with Crippen LogP contribution in [0.1, 0.15) is 27.0 Å². The van der Waals surface area contributed by atoms with E-state index >= 15 is 0 Å². The lowest BCUT2D eigenvalue weighted by molar-refractivity contribution is 0.0968. The molecule has 1 aromatic heterocycles. The first-order valence-corrected chi connectivity index (χ1v) is 13.9. The maximum atomic E-state index is 14.8. The van der Waals surface area contributed by atoms with Crippen LogP contribution in [0.4, 0.5) is 16.0 Å². The summed E-state index contributed by atoms with van der Waals surface area (Å²) < 4.78 is 14.8. The highest BCUT2D eigenvalue weighted by atomic mass is 35.5. The lowest BCUT2D eigenvalue weighted by Crippen LogP contribution is -2.52. The summed E-state index contributed by atoms with van der Waals surface area (Å²) in [4.78, 5) is 30.8. The molecule has 3 N–H and O–H groups in total. The highest BCUT2D eigenvalue weighted by molar-refractivity contribution is 6.31. The summed E-state index contributed by atoms with van der Waals surface area (Å²) in [6, 6.07) is 18.8. The lowest BCUT2D eigenvalue weighted by Gasteiger charge is -2.33. The van der Waals surface area contributed by atoms with Crippen molar-refractivity contribution in [3.05, 3.63) is 106 Å². The number of halogens is 2. The number of hydrogen-bond acceptors (Lipinski definition) is 7. The Balaban J connectivity index is 1.21. The predicted molar refractivity (Wildman–Crippen MR) is 162 cm³/mol. The van der Waals surface area contributed by atoms with Gasteiger partial charge in [0.1, 0.15) is 5.82 Å². The van der Waals surface area contributed by atoms with Crippen LogP contribution in [0.2, 0.25) is 5.02 Å². The van der Waals surface area contributed by atoms with Crippen molar-refractivity contribution in [2.45, 2.75) is 6.54 Å². The predicted octanol–water partition coefficient (Wildman–Crippen LogP) is 4.94. The first-order valence-electron chi connectivity index (χ1n) is 13.5. The standard InChI is InChI=1S/C31H28ClFN8O/c1-40-12-14-41(15-13-40)30(34)39-29(42)19-6-9-22(10-7-19)37-31-36-18-20-17-35-28(24-4-2-3-5-26(24)33)25-16-21(32)8-11-23(25)27(20)38-31/h2-11,16,18H,12-15,17H2,1H3,(H2,34,39,42)(H,36,37,38). The molecule has 3 aromatic carbocycles. The van der Waals surface area contributed by atoms with Gasteiger partial charge in [0, 0.05) is 70.9 Å². The number of likely N-dealkylation sites (N-methyl/N-ethyl adjacent to an activating group) is 1. The Bertz CT molecular complexity index is 1700. The van der Waals surface area contributed by atoms with Crippen LogP contribution >= 0.6 is 11.6 Å². The summed E-state index contributed by atoms with van der Waals surface area (Å²) in [7, 11) is 2.04. The number of aromatic nitrogens is 2. The van der Waals surface area contributed by atoms with Crippen molar-refractivity contribution in [3.63, 3.8) is 0 Å². The van der Waals surface area contributed by atoms with Crippen molar-refractivity contribution in [1.82, 2.24) is 25.1 Å². The third-order valence-electron chi connectivity index (χ3n) is 7.35. The second-order valence-corrected chi connectivity index (χ2v) is 10.6. The van der Waals surface area contributed by atoms with E-state index in [9.17, 15) is 9.18 Å². The molecule has 0 unspecified atom stereocenters. The molecule has 3 heterocycles. The van der Waals surface area contributed by atoms with E-state index in [1.807, 2.05) is 18.0 Å². The number of fused-ring (bicyclic) bond motifs is 3. The molecule has 212 valence electrons. The highest BCUT2D eigenvalue weighted by Gasteiger charge is 2.23. The Morgan fingerprint density at radius 2 is 1.74 bits per heavy atom. The third kappa shape index (κ3) is 5.72. The zero-order valence-electron chi connectivity index (χ0n) is 22.9. The van der Waals surface area contributed by atoms with Crippen LogP contribution in [0, 0.1) is 11.2 Å². The number of carbonyl (C=O) groups is 1. The van der Waals surface area contributed by atoms with Gasteiger partial charge in [-0.3, -0.25) is 20.5 Å². The van der Waals surface area contributed by atoms with E-state index in [0.29, 0.717) is 57.8 Å². The number of nitrogens with zero attached hydrogens (tertiary/aromatic N) is 5. The van der Waals surface area contributed by atoms with E-state index in [4.69, 9.17) is 27.0 Å². The van der Waals surface area contributed by atoms with Gasteiger partial charge in [-0.15, -0.1) is 0 Å². The molecule has 0 radical (unpaired) electrons. The molecule has 0 saturated carbocycles. The average molecular weight is 583 g/mol. The van der Waals surface area contributed by atoms with Gasteiger partial charge >= 0.3 is 0 Å². The van der Waals surface area contributed by atoms with Crippen molar-refractivity contribution in [2.75, 3.05) is 38.5 Å². The van der Waals surface area contributed by atoms with Gasteiger partial charge in [0.15, 0.2) is 5.96 Å². The number of guanidine groups is 1. The Labute approximate surface area is 247 Å². The Hall–Kier alpha value is -4.67. The second kappa shape index (κ2) is 11.7. The van der Waals surface area contributed by atoms with E-state index in [1.165, 1.54) is 6.07 Å². The highest BCUT2D eigenvalue weighted by Crippen LogP contribution is 2.34. The number of amides is 1. The summed E-state index contributed by atoms with van der Waals surface area (Å²) in [6.07, 6.45) is 1.71. The van der Waals surface area contributed by atoms with Crippen molar-refractivity contribution in [3.8, 4) is 11.3 Å². The van der Waals surface area contributed by atoms with E-state index in [2.05, 4.69) is 20.5 Å². The summed E-state index contributed by atoms with van der Waals surface area (Å²) >= 11 is 6.36. The number of anilines is 2. The minimum Gasteiger partial charge on any atom is -0.340 e. The quantitative estimate of drug-likeness (QED) is 0.232. The number of hydrogen-bond donors (Lipinski definition) is 3. The molecule has 0 bridgehead atoms. The van der Waals surface area contributed by atoms with Gasteiger partial charge in [-0.1, -0.05) is 29.8 Å². The number of nitrogens with one attached hydrogen (secondary N) is 3. The van der Waals surface area contributed by atoms with Crippen LogP contribution in [-0.2, 0) is 6.54 Å². The second-order valence-electron chi connectivity index (χ2n) is 10.2. The number of benzene rings is 3. The minimum atomic E-state index is -0.366. The molecule has 1 amide bonds. The molecule has 42 heavy (non-hydrogen) atoms. The zero-order chi connectivity index (χ0) is 29.2. The van der Waals surface area contributed by atoms with Crippen molar-refractivity contribution in [1.29, 1.82) is 5.41 Å². The summed E-state index contributed by atoms with van der Waals surface area (Å²) in [5.74, 6) is -0.238. The molecule has 0 aliphatic carbocycles. The van der Waals surface area contributed by atoms with Crippen LogP contribution in [0.15, 0.2) is 77.9 Å². The van der Waals surface area contributed by atoms with Gasteiger partial charge in [0.25, 0.3) is 5.91 Å². The number of rotatable bonds is 4. The summed E-state index contributed by atoms with van der Waals surface area (Å²) in [6.45, 7) is 3.38. The van der Waals surface area contributed by atoms with Crippen LogP contribution in [0.25, 0.3) is 11.3 Å². The van der Waals surface area contributed by atoms with E-state index in [-0.39, 0.29) is 24.2 Å². The van der Waals surface area contributed by atoms with Crippen LogP contribution in [0.5, 0.6) is 0 Å². The van der Waals surface area contributed by atoms with Gasteiger partial charge in [0.05, 0.1) is 18.0 Å². The van der Waals surface area contributed by atoms with Gasteiger partial charge in [-0.05, 0) is 55.6 Å². The van der Waals surface area contributed by atoms with Crippen molar-refractivity contribution >= 4 is 40.8 Å². The van der Waals surface area contributed by atoms with Gasteiger partial charge in [-0.2, -0.15) is 0 Å². The number of aliphatic imine (C=N–C) groups is 1. The molecule has 1 fully saturated rings. The van der Waals surface area contributed by atoms with Crippen LogP contribution in [0.3, 0.4) is 0 Å². The smallest absolute Gasteiger partial charge is 0.257 e. The number of piperazine rings is 1. The first-order chi connectivity index (χ1) is 20.4. The molecule has 2 aliphatic heterocycles. The minimum absolute atomic E-state index is 0.109. The van der Waals surface area contributed by atoms with E-state index in [0.717, 1.165) is 24.2 Å². The average Bonchev–Trinajstić information content (AvgIpc) is 3.14. The van der Waals surface area contributed by atoms with Crippen LogP contribution < -0.4 is 10.6 Å². The Morgan fingerprint density at radius 3 is 2.50 bits per heavy atom. The largest absolute Gasteiger partial charge is 0.340 e. The third-order valence-corrected chi connectivity index (χ3v) is 7.58. The lowest BCUT2D eigenvalue weighted by atomic mass is 9.95. The fraction of sp³-hybridized carbons (Fsp3) is 0.194. The zero-order valence-corrected chi connectivity index (χ0v) is 23.6. The molecule has 11 heteroatoms. The monoisotopic (exact) mass is 582 g/mol. The van der Waals surface area contributed by atoms with Gasteiger partial charge < -0.3 is 15.1 Å². The molecular formula is C31H28ClFN8O. The maximum absolute atomic E-state index is 14.8. The summed E-state index contributed by atoms with van der Waals surface area (Å²) in [5, 5.41) is 14.7. The van der Waals surface area contributed by atoms with Crippen molar-refractivity contribution in [2.24, 2.45) is 4.99 Å². The Kier molecular flexibility index (Phi) is 7.64. The normalized spacial score (nSPS) is 14.7. The fourth-order valence-corrected chi connectivity index (χ4v) is 5.16. The van der Waals surface area contributed by atoms with Gasteiger partial charge in [0.2, 0.25) is 5.95 Å². The molecule has 4 aromatic rings. The molecule has 1 saturated heterocycles. The molecular weight excluding hydrogens is 555 g/mol. The first kappa shape index (κ1) is 27.5. The Morgan fingerprint density at radius 1 is 0.976 bits per heavy atom. The van der Waals surface area contributed by atoms with E-state index in [1.54, 1.807) is 60.8 Å². The van der Waals surface area contributed by atoms with E-state index < -0.39 is 0 Å². The maximum Gasteiger partial charge on any atom is 0.257 e. The molecule has 6 rings (SSSR count). The van der Waals surface area contributed by atoms with Gasteiger partial charge in [-0.25, -0.2) is 14.4 Å². The molecule has 0 atom stereocenters. The fourth-order valence-electron chi connectivity index (χ4n) is 4.99. The molecule has 9 nitrogen and oxygen atoms in total. The SMILES string of the molecule is CN1CCN(C(=N)NC(=O)c2ccc(Nc3ncc4c(n3)-c3ccc(Cl)cc3C(c3ccccc3F)=NC4)cc2)CC1. The molecule has 0 spiro atoms. The van der Waals surface area contributed by atoms with Crippen molar-refractivity contribution < 1.29 is 9.18 Å². The van der Waals surface area contributed by atoms with Crippen LogP contribution in [-0.4, -0.2) is 70.6 Å². The summed E-state index contributed by atoms with van der Waals surface area (Å²) in [5.41, 5.74) is 4.95.